The molecule has 0 bridgehead atoms. The third kappa shape index (κ3) is 2.92. The molecule has 0 aliphatic carbocycles. The third-order valence-electron chi connectivity index (χ3n) is 5.00. The molecule has 3 aromatic carbocycles. The molecule has 0 N–H and O–H groups in total. The summed E-state index contributed by atoms with van der Waals surface area (Å²) in [4.78, 5) is 4.90. The van der Waals surface area contributed by atoms with Gasteiger partial charge in [0, 0.05) is 5.56 Å². The fourth-order valence-corrected chi connectivity index (χ4v) is 3.58. The summed E-state index contributed by atoms with van der Waals surface area (Å²) in [5, 5.41) is 2.42. The van der Waals surface area contributed by atoms with Crippen LogP contribution in [0.1, 0.15) is 25.0 Å². The average molecular weight is 341 g/mol. The Kier molecular flexibility index (Phi) is 4.34. The van der Waals surface area contributed by atoms with Crippen molar-refractivity contribution in [1.29, 1.82) is 0 Å². The van der Waals surface area contributed by atoms with Gasteiger partial charge in [0.15, 0.2) is 0 Å². The van der Waals surface area contributed by atoms with Crippen molar-refractivity contribution < 1.29 is 4.74 Å². The van der Waals surface area contributed by atoms with Gasteiger partial charge in [-0.3, -0.25) is 0 Å². The van der Waals surface area contributed by atoms with Gasteiger partial charge in [-0.15, -0.1) is 0 Å². The molecule has 2 atom stereocenters. The summed E-state index contributed by atoms with van der Waals surface area (Å²) in [6.07, 6.45) is -0.143. The van der Waals surface area contributed by atoms with Gasteiger partial charge in [-0.2, -0.15) is 0 Å². The van der Waals surface area contributed by atoms with Crippen molar-refractivity contribution in [3.8, 4) is 0 Å². The second kappa shape index (κ2) is 6.80. The van der Waals surface area contributed by atoms with E-state index in [0.717, 1.165) is 22.6 Å². The molecule has 1 heterocycles. The molecule has 0 aromatic heterocycles. The van der Waals surface area contributed by atoms with Crippen LogP contribution in [0.2, 0.25) is 0 Å². The van der Waals surface area contributed by atoms with Gasteiger partial charge in [0.2, 0.25) is 5.90 Å². The zero-order valence-corrected chi connectivity index (χ0v) is 15.2. The third-order valence-corrected chi connectivity index (χ3v) is 5.00. The zero-order chi connectivity index (χ0) is 18.1. The Morgan fingerprint density at radius 2 is 1.62 bits per heavy atom. The van der Waals surface area contributed by atoms with Crippen molar-refractivity contribution in [2.24, 2.45) is 10.9 Å². The van der Waals surface area contributed by atoms with Crippen LogP contribution in [0.15, 0.2) is 84.4 Å². The molecule has 0 unspecified atom stereocenters. The molecule has 0 radical (unpaired) electrons. The predicted octanol–water partition coefficient (Wildman–Crippen LogP) is 5.72. The molecule has 4 rings (SSSR count). The van der Waals surface area contributed by atoms with Crippen LogP contribution >= 0.6 is 0 Å². The van der Waals surface area contributed by atoms with E-state index in [2.05, 4.69) is 62.9 Å². The summed E-state index contributed by atoms with van der Waals surface area (Å²) in [5.41, 5.74) is 3.16. The molecular formula is C24H23NO. The number of hydrogen-bond acceptors (Lipinski definition) is 2. The van der Waals surface area contributed by atoms with Crippen LogP contribution in [-0.2, 0) is 4.74 Å². The smallest absolute Gasteiger partial charge is 0.217 e. The summed E-state index contributed by atoms with van der Waals surface area (Å²) in [7, 11) is 0. The molecule has 3 aromatic rings. The van der Waals surface area contributed by atoms with Crippen molar-refractivity contribution >= 4 is 22.2 Å². The number of ether oxygens (including phenoxy) is 1. The van der Waals surface area contributed by atoms with E-state index < -0.39 is 0 Å². The Bertz CT molecular complexity index is 966. The zero-order valence-electron chi connectivity index (χ0n) is 15.2. The highest BCUT2D eigenvalue weighted by Crippen LogP contribution is 2.35. The highest BCUT2D eigenvalue weighted by atomic mass is 16.5. The molecule has 1 aliphatic rings. The fraction of sp³-hybridized carbons (Fsp3) is 0.208. The van der Waals surface area contributed by atoms with Crippen molar-refractivity contribution in [2.75, 3.05) is 0 Å². The van der Waals surface area contributed by atoms with E-state index in [9.17, 15) is 0 Å². The predicted molar refractivity (Wildman–Crippen MR) is 109 cm³/mol. The van der Waals surface area contributed by atoms with Crippen LogP contribution < -0.4 is 0 Å². The second-order valence-electron chi connectivity index (χ2n) is 7.13. The van der Waals surface area contributed by atoms with E-state index in [1.165, 1.54) is 10.8 Å². The highest BCUT2D eigenvalue weighted by molar-refractivity contribution is 5.99. The lowest BCUT2D eigenvalue weighted by molar-refractivity contribution is 0.228. The SMILES string of the molecule is C=C(c1cccc2ccccc12)[C@@H]1OC(c2ccccc2)=N[C@H]1C(C)C. The lowest BCUT2D eigenvalue weighted by Crippen LogP contribution is -2.28. The van der Waals surface area contributed by atoms with Crippen LogP contribution in [0, 0.1) is 5.92 Å². The molecule has 2 heteroatoms. The number of benzene rings is 3. The molecule has 0 amide bonds. The normalized spacial score (nSPS) is 19.4. The molecule has 0 spiro atoms. The average Bonchev–Trinajstić information content (AvgIpc) is 3.13. The minimum atomic E-state index is -0.143. The van der Waals surface area contributed by atoms with Crippen molar-refractivity contribution in [3.05, 3.63) is 90.5 Å². The van der Waals surface area contributed by atoms with Crippen LogP contribution in [0.5, 0.6) is 0 Å². The second-order valence-corrected chi connectivity index (χ2v) is 7.13. The van der Waals surface area contributed by atoms with Crippen molar-refractivity contribution in [1.82, 2.24) is 0 Å². The molecule has 1 aliphatic heterocycles. The largest absolute Gasteiger partial charge is 0.467 e. The minimum absolute atomic E-state index is 0.0664. The van der Waals surface area contributed by atoms with Crippen LogP contribution in [-0.4, -0.2) is 18.0 Å². The molecule has 0 fully saturated rings. The summed E-state index contributed by atoms with van der Waals surface area (Å²) in [6.45, 7) is 8.80. The van der Waals surface area contributed by atoms with Gasteiger partial charge in [-0.05, 0) is 40.0 Å². The van der Waals surface area contributed by atoms with E-state index >= 15 is 0 Å². The van der Waals surface area contributed by atoms with E-state index in [0.29, 0.717) is 5.92 Å². The van der Waals surface area contributed by atoms with Crippen LogP contribution in [0.4, 0.5) is 0 Å². The first kappa shape index (κ1) is 16.6. The quantitative estimate of drug-likeness (QED) is 0.594. The van der Waals surface area contributed by atoms with Gasteiger partial charge in [0.1, 0.15) is 6.10 Å². The van der Waals surface area contributed by atoms with Gasteiger partial charge >= 0.3 is 0 Å². The Balaban J connectivity index is 1.71. The number of hydrogen-bond donors (Lipinski definition) is 0. The highest BCUT2D eigenvalue weighted by Gasteiger charge is 2.36. The molecule has 2 nitrogen and oxygen atoms in total. The lowest BCUT2D eigenvalue weighted by Gasteiger charge is -2.23. The molecule has 130 valence electrons. The van der Waals surface area contributed by atoms with Gasteiger partial charge in [0.25, 0.3) is 0 Å². The minimum Gasteiger partial charge on any atom is -0.467 e. The lowest BCUT2D eigenvalue weighted by atomic mass is 9.89. The van der Waals surface area contributed by atoms with Crippen molar-refractivity contribution in [2.45, 2.75) is 26.0 Å². The number of rotatable bonds is 4. The first-order valence-corrected chi connectivity index (χ1v) is 9.12. The van der Waals surface area contributed by atoms with E-state index in [-0.39, 0.29) is 12.1 Å². The Morgan fingerprint density at radius 3 is 2.38 bits per heavy atom. The van der Waals surface area contributed by atoms with Crippen LogP contribution in [0.25, 0.3) is 16.3 Å². The van der Waals surface area contributed by atoms with Crippen molar-refractivity contribution in [3.63, 3.8) is 0 Å². The standard InChI is InChI=1S/C24H23NO/c1-16(2)22-23(26-24(25-22)19-11-5-4-6-12-19)17(3)20-15-9-13-18-10-7-8-14-21(18)20/h4-16,22-23H,3H2,1-2H3/t22-,23-/m0/s1. The van der Waals surface area contributed by atoms with Crippen LogP contribution in [0.3, 0.4) is 0 Å². The maximum absolute atomic E-state index is 6.34. The first-order chi connectivity index (χ1) is 12.6. The molecular weight excluding hydrogens is 318 g/mol. The van der Waals surface area contributed by atoms with Gasteiger partial charge in [-0.25, -0.2) is 4.99 Å². The summed E-state index contributed by atoms with van der Waals surface area (Å²) < 4.78 is 6.34. The summed E-state index contributed by atoms with van der Waals surface area (Å²) in [5.74, 6) is 1.09. The van der Waals surface area contributed by atoms with Gasteiger partial charge in [-0.1, -0.05) is 81.1 Å². The Labute approximate surface area is 154 Å². The fourth-order valence-electron chi connectivity index (χ4n) is 3.58. The Hall–Kier alpha value is -2.87. The van der Waals surface area contributed by atoms with Gasteiger partial charge in [0.05, 0.1) is 6.04 Å². The maximum atomic E-state index is 6.34. The summed E-state index contributed by atoms with van der Waals surface area (Å²) >= 11 is 0. The first-order valence-electron chi connectivity index (χ1n) is 9.12. The number of aliphatic imine (C=N–C) groups is 1. The number of nitrogens with zero attached hydrogens (tertiary/aromatic N) is 1. The molecule has 26 heavy (non-hydrogen) atoms. The monoisotopic (exact) mass is 341 g/mol. The molecule has 0 saturated carbocycles. The van der Waals surface area contributed by atoms with Gasteiger partial charge < -0.3 is 4.74 Å². The van der Waals surface area contributed by atoms with E-state index in [1.807, 2.05) is 30.3 Å². The number of fused-ring (bicyclic) bond motifs is 1. The van der Waals surface area contributed by atoms with E-state index in [4.69, 9.17) is 9.73 Å². The Morgan fingerprint density at radius 1 is 0.923 bits per heavy atom. The topological polar surface area (TPSA) is 21.6 Å². The molecule has 0 saturated heterocycles. The maximum Gasteiger partial charge on any atom is 0.217 e. The van der Waals surface area contributed by atoms with E-state index in [1.54, 1.807) is 0 Å². The summed E-state index contributed by atoms with van der Waals surface area (Å²) in [6, 6.07) is 24.9.